The second-order valence-electron chi connectivity index (χ2n) is 8.13. The van der Waals surface area contributed by atoms with Crippen molar-refractivity contribution in [1.29, 1.82) is 0 Å². The van der Waals surface area contributed by atoms with Crippen LogP contribution in [0.2, 0.25) is 0 Å². The molecule has 0 spiro atoms. The van der Waals surface area contributed by atoms with Gasteiger partial charge in [-0.25, -0.2) is 12.8 Å². The molecule has 0 bridgehead atoms. The first kappa shape index (κ1) is 23.3. The van der Waals surface area contributed by atoms with Crippen LogP contribution in [0.5, 0.6) is 0 Å². The maximum absolute atomic E-state index is 13.5. The summed E-state index contributed by atoms with van der Waals surface area (Å²) in [7, 11) is -3.78. The number of ether oxygens (including phenoxy) is 1. The highest BCUT2D eigenvalue weighted by Crippen LogP contribution is 2.20. The smallest absolute Gasteiger partial charge is 0.243 e. The van der Waals surface area contributed by atoms with Gasteiger partial charge in [-0.3, -0.25) is 9.69 Å². The second kappa shape index (κ2) is 10.4. The van der Waals surface area contributed by atoms with Crippen LogP contribution in [0.15, 0.2) is 46.7 Å². The third kappa shape index (κ3) is 5.74. The van der Waals surface area contributed by atoms with E-state index in [0.29, 0.717) is 26.2 Å². The summed E-state index contributed by atoms with van der Waals surface area (Å²) in [6, 6.07) is 9.09. The number of carbonyl (C=O) groups is 1. The van der Waals surface area contributed by atoms with Gasteiger partial charge in [-0.1, -0.05) is 12.1 Å². The number of amides is 1. The summed E-state index contributed by atoms with van der Waals surface area (Å²) >= 11 is 1.67. The zero-order valence-electron chi connectivity index (χ0n) is 17.9. The largest absolute Gasteiger partial charge is 0.377 e. The number of halogens is 1. The lowest BCUT2D eigenvalue weighted by Crippen LogP contribution is -2.52. The first-order chi connectivity index (χ1) is 15.4. The molecular formula is C22H28FN3O4S2. The minimum atomic E-state index is -3.78. The van der Waals surface area contributed by atoms with Gasteiger partial charge in [0.25, 0.3) is 0 Å². The number of rotatable bonds is 8. The van der Waals surface area contributed by atoms with E-state index in [2.05, 4.69) is 11.0 Å². The average Bonchev–Trinajstić information content (AvgIpc) is 3.48. The van der Waals surface area contributed by atoms with Gasteiger partial charge in [0.1, 0.15) is 5.82 Å². The first-order valence-corrected chi connectivity index (χ1v) is 13.1. The van der Waals surface area contributed by atoms with Gasteiger partial charge in [-0.05, 0) is 42.5 Å². The van der Waals surface area contributed by atoms with Crippen LogP contribution in [-0.2, 0) is 26.1 Å². The predicted molar refractivity (Wildman–Crippen MR) is 120 cm³/mol. The van der Waals surface area contributed by atoms with Crippen LogP contribution in [0.3, 0.4) is 0 Å². The van der Waals surface area contributed by atoms with Crippen molar-refractivity contribution in [3.63, 3.8) is 0 Å². The highest BCUT2D eigenvalue weighted by Gasteiger charge is 2.31. The van der Waals surface area contributed by atoms with Crippen molar-refractivity contribution in [2.75, 3.05) is 45.9 Å². The second-order valence-corrected chi connectivity index (χ2v) is 11.1. The molecule has 174 valence electrons. The molecule has 1 aromatic carbocycles. The SMILES string of the molecule is O=C(CN(Cc1cccs1)CC1CCCO1)N1CCN(S(=O)(=O)c2cccc(F)c2)CC1. The molecule has 10 heteroatoms. The summed E-state index contributed by atoms with van der Waals surface area (Å²) in [4.78, 5) is 18.0. The molecule has 2 aliphatic rings. The van der Waals surface area contributed by atoms with Crippen molar-refractivity contribution in [2.45, 2.75) is 30.4 Å². The Morgan fingerprint density at radius 3 is 2.66 bits per heavy atom. The minimum Gasteiger partial charge on any atom is -0.377 e. The van der Waals surface area contributed by atoms with Gasteiger partial charge in [0.05, 0.1) is 17.5 Å². The van der Waals surface area contributed by atoms with Crippen LogP contribution in [0, 0.1) is 5.82 Å². The number of carbonyl (C=O) groups excluding carboxylic acids is 1. The zero-order valence-corrected chi connectivity index (χ0v) is 19.5. The van der Waals surface area contributed by atoms with E-state index in [1.807, 2.05) is 11.4 Å². The summed E-state index contributed by atoms with van der Waals surface area (Å²) in [5.74, 6) is -0.598. The molecule has 32 heavy (non-hydrogen) atoms. The van der Waals surface area contributed by atoms with E-state index < -0.39 is 15.8 Å². The number of sulfonamides is 1. The number of hydrogen-bond acceptors (Lipinski definition) is 6. The predicted octanol–water partition coefficient (Wildman–Crippen LogP) is 2.40. The van der Waals surface area contributed by atoms with E-state index in [-0.39, 0.29) is 36.5 Å². The molecule has 0 radical (unpaired) electrons. The van der Waals surface area contributed by atoms with E-state index in [4.69, 9.17) is 4.74 Å². The molecular weight excluding hydrogens is 453 g/mol. The van der Waals surface area contributed by atoms with Gasteiger partial charge in [0.15, 0.2) is 0 Å². The lowest BCUT2D eigenvalue weighted by molar-refractivity contribution is -0.134. The molecule has 0 N–H and O–H groups in total. The fourth-order valence-corrected chi connectivity index (χ4v) is 6.33. The fraction of sp³-hybridized carbons (Fsp3) is 0.500. The third-order valence-electron chi connectivity index (χ3n) is 5.83. The normalized spacial score (nSPS) is 20.2. The molecule has 2 aromatic rings. The van der Waals surface area contributed by atoms with Crippen molar-refractivity contribution >= 4 is 27.3 Å². The van der Waals surface area contributed by atoms with E-state index >= 15 is 0 Å². The van der Waals surface area contributed by atoms with Gasteiger partial charge in [-0.2, -0.15) is 4.31 Å². The van der Waals surface area contributed by atoms with Crippen LogP contribution in [0.1, 0.15) is 17.7 Å². The van der Waals surface area contributed by atoms with Crippen molar-refractivity contribution in [1.82, 2.24) is 14.1 Å². The molecule has 0 saturated carbocycles. The lowest BCUT2D eigenvalue weighted by atomic mass is 10.2. The topological polar surface area (TPSA) is 70.2 Å². The first-order valence-electron chi connectivity index (χ1n) is 10.8. The van der Waals surface area contributed by atoms with Crippen LogP contribution < -0.4 is 0 Å². The standard InChI is InChI=1S/C22H28FN3O4S2/c23-18-4-1-7-21(14-18)32(28,29)26-10-8-25(9-11-26)22(27)17-24(15-19-5-2-12-30-19)16-20-6-3-13-31-20/h1,3-4,6-7,13-14,19H,2,5,8-12,15-17H2. The van der Waals surface area contributed by atoms with Gasteiger partial charge in [0.2, 0.25) is 15.9 Å². The fourth-order valence-electron chi connectivity index (χ4n) is 4.13. The number of benzene rings is 1. The van der Waals surface area contributed by atoms with E-state index in [1.54, 1.807) is 16.2 Å². The van der Waals surface area contributed by atoms with Crippen molar-refractivity contribution in [3.05, 3.63) is 52.5 Å². The van der Waals surface area contributed by atoms with Crippen LogP contribution in [0.4, 0.5) is 4.39 Å². The Hall–Kier alpha value is -1.85. The number of hydrogen-bond donors (Lipinski definition) is 0. The Morgan fingerprint density at radius 2 is 2.00 bits per heavy atom. The van der Waals surface area contributed by atoms with E-state index in [0.717, 1.165) is 25.5 Å². The lowest BCUT2D eigenvalue weighted by Gasteiger charge is -2.35. The summed E-state index contributed by atoms with van der Waals surface area (Å²) in [5.41, 5.74) is 0. The maximum atomic E-state index is 13.5. The summed E-state index contributed by atoms with van der Waals surface area (Å²) in [6.07, 6.45) is 2.20. The summed E-state index contributed by atoms with van der Waals surface area (Å²) in [6.45, 7) is 3.47. The molecule has 7 nitrogen and oxygen atoms in total. The summed E-state index contributed by atoms with van der Waals surface area (Å²) in [5, 5.41) is 2.03. The molecule has 1 unspecified atom stereocenters. The minimum absolute atomic E-state index is 0.0117. The molecule has 0 aliphatic carbocycles. The molecule has 2 saturated heterocycles. The highest BCUT2D eigenvalue weighted by atomic mass is 32.2. The number of thiophene rings is 1. The van der Waals surface area contributed by atoms with Crippen molar-refractivity contribution in [2.24, 2.45) is 0 Å². The van der Waals surface area contributed by atoms with Crippen molar-refractivity contribution < 1.29 is 22.3 Å². The molecule has 1 atom stereocenters. The van der Waals surface area contributed by atoms with E-state index in [9.17, 15) is 17.6 Å². The molecule has 3 heterocycles. The molecule has 4 rings (SSSR count). The van der Waals surface area contributed by atoms with Crippen molar-refractivity contribution in [3.8, 4) is 0 Å². The Morgan fingerprint density at radius 1 is 1.19 bits per heavy atom. The molecule has 2 fully saturated rings. The summed E-state index contributed by atoms with van der Waals surface area (Å²) < 4.78 is 46.2. The van der Waals surface area contributed by atoms with Gasteiger partial charge >= 0.3 is 0 Å². The maximum Gasteiger partial charge on any atom is 0.243 e. The monoisotopic (exact) mass is 481 g/mol. The Kier molecular flexibility index (Phi) is 7.57. The number of piperazine rings is 1. The third-order valence-corrected chi connectivity index (χ3v) is 8.59. The Labute approximate surface area is 192 Å². The van der Waals surface area contributed by atoms with Gasteiger partial charge < -0.3 is 9.64 Å². The number of nitrogens with zero attached hydrogens (tertiary/aromatic N) is 3. The van der Waals surface area contributed by atoms with Crippen LogP contribution in [0.25, 0.3) is 0 Å². The van der Waals surface area contributed by atoms with Crippen LogP contribution >= 0.6 is 11.3 Å². The molecule has 2 aliphatic heterocycles. The van der Waals surface area contributed by atoms with Crippen LogP contribution in [-0.4, -0.2) is 80.4 Å². The zero-order chi connectivity index (χ0) is 22.6. The Balaban J connectivity index is 1.35. The quantitative estimate of drug-likeness (QED) is 0.579. The average molecular weight is 482 g/mol. The van der Waals surface area contributed by atoms with Gasteiger partial charge in [0, 0.05) is 50.8 Å². The van der Waals surface area contributed by atoms with E-state index in [1.165, 1.54) is 27.4 Å². The Bertz CT molecular complexity index is 1000. The molecule has 1 amide bonds. The highest BCUT2D eigenvalue weighted by molar-refractivity contribution is 7.89. The molecule has 1 aromatic heterocycles. The van der Waals surface area contributed by atoms with Gasteiger partial charge in [-0.15, -0.1) is 11.3 Å².